The van der Waals surface area contributed by atoms with E-state index in [1.54, 1.807) is 19.3 Å². The SMILES string of the molecule is C=Cc1nn(PI)c2c(C)nc(-c3cnn(C)c3OCCN(CC)C(=O)C(F)(F)F)cc12.CC. The fourth-order valence-electron chi connectivity index (χ4n) is 3.30. The van der Waals surface area contributed by atoms with Gasteiger partial charge in [-0.1, -0.05) is 20.4 Å². The van der Waals surface area contributed by atoms with Crippen LogP contribution in [0.25, 0.3) is 28.2 Å². The Kier molecular flexibility index (Phi) is 9.86. The molecule has 0 saturated carbocycles. The number of fused-ring (bicyclic) bond motifs is 1. The normalized spacial score (nSPS) is 11.6. The van der Waals surface area contributed by atoms with E-state index in [4.69, 9.17) is 4.74 Å². The number of ether oxygens (including phenoxy) is 1. The molecule has 3 heterocycles. The lowest BCUT2D eigenvalue weighted by atomic mass is 10.1. The maximum atomic E-state index is 12.7. The Balaban J connectivity index is 0.00000199. The van der Waals surface area contributed by atoms with Gasteiger partial charge in [0.1, 0.15) is 6.61 Å². The summed E-state index contributed by atoms with van der Waals surface area (Å²) in [5.41, 5.74) is 3.59. The molecule has 8 nitrogen and oxygen atoms in total. The molecular formula is C21H27F3IN6O2P. The number of nitrogens with zero attached hydrogens (tertiary/aromatic N) is 6. The van der Waals surface area contributed by atoms with Crippen molar-refractivity contribution in [2.75, 3.05) is 19.7 Å². The number of aryl methyl sites for hydroxylation is 2. The Morgan fingerprint density at radius 1 is 1.38 bits per heavy atom. The monoisotopic (exact) mass is 610 g/mol. The zero-order valence-corrected chi connectivity index (χ0v) is 22.7. The Bertz CT molecular complexity index is 1160. The Morgan fingerprint density at radius 3 is 2.62 bits per heavy atom. The maximum absolute atomic E-state index is 12.7. The zero-order chi connectivity index (χ0) is 25.6. The van der Waals surface area contributed by atoms with Crippen LogP contribution in [0.15, 0.2) is 18.8 Å². The number of carbonyl (C=O) groups excluding carboxylic acids is 1. The van der Waals surface area contributed by atoms with E-state index in [0.717, 1.165) is 22.3 Å². The number of amides is 1. The summed E-state index contributed by atoms with van der Waals surface area (Å²) < 4.78 is 47.3. The van der Waals surface area contributed by atoms with Crippen molar-refractivity contribution in [2.24, 2.45) is 7.05 Å². The number of hydrogen-bond acceptors (Lipinski definition) is 5. The van der Waals surface area contributed by atoms with Crippen LogP contribution in [0, 0.1) is 6.92 Å². The average Bonchev–Trinajstić information content (AvgIpc) is 3.37. The lowest BCUT2D eigenvalue weighted by Crippen LogP contribution is -2.43. The van der Waals surface area contributed by atoms with E-state index in [9.17, 15) is 18.0 Å². The summed E-state index contributed by atoms with van der Waals surface area (Å²) >= 11 is 2.24. The van der Waals surface area contributed by atoms with Crippen LogP contribution >= 0.6 is 28.4 Å². The van der Waals surface area contributed by atoms with Crippen LogP contribution in [-0.4, -0.2) is 61.0 Å². The van der Waals surface area contributed by atoms with Gasteiger partial charge < -0.3 is 9.64 Å². The number of rotatable bonds is 8. The number of hydrogen-bond donors (Lipinski definition) is 0. The van der Waals surface area contributed by atoms with E-state index in [1.165, 1.54) is 11.6 Å². The molecule has 0 spiro atoms. The minimum atomic E-state index is -4.92. The highest BCUT2D eigenvalue weighted by atomic mass is 127. The van der Waals surface area contributed by atoms with Gasteiger partial charge in [-0.05, 0) is 48.0 Å². The first-order valence-electron chi connectivity index (χ1n) is 10.5. The lowest BCUT2D eigenvalue weighted by molar-refractivity contribution is -0.185. The summed E-state index contributed by atoms with van der Waals surface area (Å²) in [5.74, 6) is -1.54. The molecule has 1 unspecified atom stereocenters. The first-order valence-corrected chi connectivity index (χ1v) is 14.6. The molecule has 0 N–H and O–H groups in total. The van der Waals surface area contributed by atoms with Gasteiger partial charge in [0.05, 0.1) is 47.3 Å². The first-order chi connectivity index (χ1) is 16.1. The predicted molar refractivity (Wildman–Crippen MR) is 137 cm³/mol. The van der Waals surface area contributed by atoms with E-state index in [-0.39, 0.29) is 19.7 Å². The van der Waals surface area contributed by atoms with Gasteiger partial charge in [0.15, 0.2) is 0 Å². The molecule has 0 saturated heterocycles. The fraction of sp³-hybridized carbons (Fsp3) is 0.429. The molecule has 3 aromatic heterocycles. The third-order valence-corrected chi connectivity index (χ3v) is 6.66. The fourth-order valence-corrected chi connectivity index (χ4v) is 4.86. The molecule has 1 amide bonds. The minimum Gasteiger partial charge on any atom is -0.475 e. The Morgan fingerprint density at radius 2 is 2.06 bits per heavy atom. The van der Waals surface area contributed by atoms with E-state index in [2.05, 4.69) is 43.8 Å². The predicted octanol–water partition coefficient (Wildman–Crippen LogP) is 5.39. The number of pyridine rings is 1. The Hall–Kier alpha value is -2.21. The van der Waals surface area contributed by atoms with Crippen LogP contribution in [0.2, 0.25) is 0 Å². The van der Waals surface area contributed by atoms with Crippen molar-refractivity contribution in [1.29, 1.82) is 0 Å². The van der Waals surface area contributed by atoms with Gasteiger partial charge in [0.25, 0.3) is 0 Å². The highest BCUT2D eigenvalue weighted by Gasteiger charge is 2.41. The molecule has 0 fully saturated rings. The summed E-state index contributed by atoms with van der Waals surface area (Å²) in [7, 11) is 1.66. The molecule has 0 aromatic carbocycles. The second kappa shape index (κ2) is 12.0. The van der Waals surface area contributed by atoms with Crippen molar-refractivity contribution in [3.05, 3.63) is 30.2 Å². The van der Waals surface area contributed by atoms with Crippen molar-refractivity contribution in [3.63, 3.8) is 0 Å². The van der Waals surface area contributed by atoms with Crippen LogP contribution in [0.4, 0.5) is 13.2 Å². The average molecular weight is 610 g/mol. The highest BCUT2D eigenvalue weighted by Crippen LogP contribution is 2.36. The molecule has 13 heteroatoms. The number of alkyl halides is 3. The molecule has 3 aromatic rings. The third-order valence-electron chi connectivity index (χ3n) is 4.81. The molecule has 34 heavy (non-hydrogen) atoms. The largest absolute Gasteiger partial charge is 0.475 e. The zero-order valence-electron chi connectivity index (χ0n) is 19.6. The van der Waals surface area contributed by atoms with Crippen molar-refractivity contribution >= 4 is 51.3 Å². The number of halogens is 4. The van der Waals surface area contributed by atoms with Gasteiger partial charge in [0.2, 0.25) is 5.88 Å². The van der Waals surface area contributed by atoms with Crippen LogP contribution in [0.5, 0.6) is 5.88 Å². The summed E-state index contributed by atoms with van der Waals surface area (Å²) in [6, 6.07) is 1.87. The van der Waals surface area contributed by atoms with Crippen molar-refractivity contribution in [1.82, 2.24) is 29.2 Å². The summed E-state index contributed by atoms with van der Waals surface area (Å²) in [4.78, 5) is 16.9. The van der Waals surface area contributed by atoms with Gasteiger partial charge in [-0.3, -0.25) is 9.78 Å². The molecule has 3 rings (SSSR count). The lowest BCUT2D eigenvalue weighted by Gasteiger charge is -2.22. The van der Waals surface area contributed by atoms with Crippen LogP contribution in [0.3, 0.4) is 0 Å². The van der Waals surface area contributed by atoms with Crippen LogP contribution in [-0.2, 0) is 11.8 Å². The third kappa shape index (κ3) is 5.88. The second-order valence-electron chi connectivity index (χ2n) is 6.79. The number of aromatic nitrogens is 5. The standard InChI is InChI=1S/C19H21F3IN6O2P.C2H6/c1-5-14-12-9-15(25-11(3)16(12)29(26-14)32-23)13-10-24-27(4)17(13)31-8-7-28(6-2)18(30)19(20,21)22;1-2/h5,9-10,32H,1,6-8H2,2-4H3;1-2H3. The topological polar surface area (TPSA) is 78.1 Å². The molecule has 0 radical (unpaired) electrons. The molecule has 1 atom stereocenters. The minimum absolute atomic E-state index is 0.0802. The van der Waals surface area contributed by atoms with Crippen molar-refractivity contribution in [3.8, 4) is 17.1 Å². The van der Waals surface area contributed by atoms with Gasteiger partial charge in [0, 0.05) is 19.0 Å². The van der Waals surface area contributed by atoms with Crippen molar-refractivity contribution in [2.45, 2.75) is 33.9 Å². The Labute approximate surface area is 210 Å². The first kappa shape index (κ1) is 28.0. The van der Waals surface area contributed by atoms with Gasteiger partial charge in [-0.25, -0.2) is 9.13 Å². The highest BCUT2D eigenvalue weighted by molar-refractivity contribution is 14.2. The molecule has 0 aliphatic carbocycles. The van der Waals surface area contributed by atoms with Crippen LogP contribution in [0.1, 0.15) is 32.2 Å². The van der Waals surface area contributed by atoms with Gasteiger partial charge in [-0.15, -0.1) is 0 Å². The summed E-state index contributed by atoms with van der Waals surface area (Å²) in [6.07, 6.45) is -1.27. The smallest absolute Gasteiger partial charge is 0.471 e. The maximum Gasteiger partial charge on any atom is 0.471 e. The molecule has 0 bridgehead atoms. The van der Waals surface area contributed by atoms with Gasteiger partial charge >= 0.3 is 12.1 Å². The van der Waals surface area contributed by atoms with E-state index in [1.807, 2.05) is 31.3 Å². The second-order valence-corrected chi connectivity index (χ2v) is 8.83. The number of carbonyl (C=O) groups is 1. The molecule has 0 aliphatic rings. The number of likely N-dealkylation sites (N-methyl/N-ethyl adjacent to an activating group) is 1. The van der Waals surface area contributed by atoms with Crippen LogP contribution < -0.4 is 4.74 Å². The molecular weight excluding hydrogens is 583 g/mol. The van der Waals surface area contributed by atoms with Crippen molar-refractivity contribution < 1.29 is 22.7 Å². The van der Waals surface area contributed by atoms with E-state index >= 15 is 0 Å². The molecule has 0 aliphatic heterocycles. The summed E-state index contributed by atoms with van der Waals surface area (Å²) in [5, 5.41) is 9.64. The van der Waals surface area contributed by atoms with E-state index in [0.29, 0.717) is 28.4 Å². The quantitative estimate of drug-likeness (QED) is 0.253. The summed E-state index contributed by atoms with van der Waals surface area (Å²) in [6.45, 7) is 10.8. The van der Waals surface area contributed by atoms with E-state index < -0.39 is 12.1 Å². The van der Waals surface area contributed by atoms with Gasteiger partial charge in [-0.2, -0.15) is 23.4 Å². The molecule has 186 valence electrons.